The molecule has 1 aliphatic rings. The molecule has 12 nitrogen and oxygen atoms in total. The van der Waals surface area contributed by atoms with Crippen molar-refractivity contribution in [3.05, 3.63) is 83.9 Å². The molecule has 0 aromatic heterocycles. The van der Waals surface area contributed by atoms with Crippen LogP contribution < -0.4 is 21.3 Å². The van der Waals surface area contributed by atoms with Gasteiger partial charge in [0.25, 0.3) is 5.91 Å². The van der Waals surface area contributed by atoms with Crippen LogP contribution in [0.15, 0.2) is 72.8 Å². The molecule has 3 aromatic carbocycles. The van der Waals surface area contributed by atoms with Gasteiger partial charge in [0.2, 0.25) is 11.8 Å². The standard InChI is InChI=1S/C41H54N4O8/c1-5-14-32(36(47)39(50)42-25-34(46)52-26-27-15-8-6-9-16-27)43-37(48)33(24-28-21-22-29-17-12-13-20-31(29)23-28)44-38(49)35(30-18-10-7-11-19-30)45-40(51)53-41(2,3)4/h6,8-9,12-13,15-17,20-23,30,32-33,35-36,47H,5,7,10-11,14,18-19,24-26H2,1-4H3,(H,42,50)(H,43,48)(H,44,49)(H,45,51)/t32?,33-,35?,36?/m0/s1. The summed E-state index contributed by atoms with van der Waals surface area (Å²) in [7, 11) is 0. The Morgan fingerprint density at radius 2 is 1.47 bits per heavy atom. The van der Waals surface area contributed by atoms with E-state index in [0.717, 1.165) is 54.0 Å². The SMILES string of the molecule is CCCC(NC(=O)[C@H](Cc1ccc2ccccc2c1)NC(=O)C(NC(=O)OC(C)(C)C)C1CCCCC1)C(O)C(=O)NCC(=O)OCc1ccccc1. The minimum atomic E-state index is -1.69. The number of hydrogen-bond donors (Lipinski definition) is 5. The van der Waals surface area contributed by atoms with Crippen molar-refractivity contribution in [2.24, 2.45) is 5.92 Å². The molecule has 12 heteroatoms. The molecule has 1 fully saturated rings. The minimum absolute atomic E-state index is 0.0336. The van der Waals surface area contributed by atoms with Gasteiger partial charge in [-0.15, -0.1) is 0 Å². The maximum Gasteiger partial charge on any atom is 0.408 e. The van der Waals surface area contributed by atoms with Gasteiger partial charge in [-0.1, -0.05) is 105 Å². The Morgan fingerprint density at radius 1 is 0.792 bits per heavy atom. The summed E-state index contributed by atoms with van der Waals surface area (Å²) < 4.78 is 10.7. The number of benzene rings is 3. The number of aliphatic hydroxyl groups is 1. The molecular formula is C41H54N4O8. The average molecular weight is 731 g/mol. The molecule has 5 N–H and O–H groups in total. The molecule has 4 amide bonds. The summed E-state index contributed by atoms with van der Waals surface area (Å²) in [5.74, 6) is -2.83. The van der Waals surface area contributed by atoms with Gasteiger partial charge in [-0.05, 0) is 67.9 Å². The zero-order valence-corrected chi connectivity index (χ0v) is 31.2. The van der Waals surface area contributed by atoms with Crippen molar-refractivity contribution in [2.75, 3.05) is 6.54 Å². The van der Waals surface area contributed by atoms with Crippen LogP contribution in [0.25, 0.3) is 10.8 Å². The number of aliphatic hydroxyl groups excluding tert-OH is 1. The van der Waals surface area contributed by atoms with Gasteiger partial charge in [-0.3, -0.25) is 19.2 Å². The molecule has 4 rings (SSSR count). The monoisotopic (exact) mass is 730 g/mol. The average Bonchev–Trinajstić information content (AvgIpc) is 3.14. The smallest absolute Gasteiger partial charge is 0.408 e. The van der Waals surface area contributed by atoms with Crippen molar-refractivity contribution in [2.45, 2.75) is 115 Å². The zero-order chi connectivity index (χ0) is 38.4. The quantitative estimate of drug-likeness (QED) is 0.130. The van der Waals surface area contributed by atoms with Crippen LogP contribution in [0.2, 0.25) is 0 Å². The largest absolute Gasteiger partial charge is 0.460 e. The molecular weight excluding hydrogens is 676 g/mol. The molecule has 0 heterocycles. The number of ether oxygens (including phenoxy) is 2. The number of carbonyl (C=O) groups excluding carboxylic acids is 5. The first kappa shape index (κ1) is 40.8. The third kappa shape index (κ3) is 13.2. The van der Waals surface area contributed by atoms with E-state index in [-0.39, 0.29) is 25.4 Å². The minimum Gasteiger partial charge on any atom is -0.460 e. The van der Waals surface area contributed by atoms with E-state index in [1.54, 1.807) is 32.9 Å². The Hall–Kier alpha value is -4.97. The van der Waals surface area contributed by atoms with Crippen molar-refractivity contribution in [1.29, 1.82) is 0 Å². The zero-order valence-electron chi connectivity index (χ0n) is 31.2. The van der Waals surface area contributed by atoms with E-state index >= 15 is 0 Å². The first-order chi connectivity index (χ1) is 25.3. The number of amides is 4. The maximum absolute atomic E-state index is 14.1. The summed E-state index contributed by atoms with van der Waals surface area (Å²) in [4.78, 5) is 66.4. The summed E-state index contributed by atoms with van der Waals surface area (Å²) in [5.41, 5.74) is 0.784. The summed E-state index contributed by atoms with van der Waals surface area (Å²) in [6.07, 6.45) is 2.75. The van der Waals surface area contributed by atoms with Crippen molar-refractivity contribution in [3.8, 4) is 0 Å². The first-order valence-electron chi connectivity index (χ1n) is 18.6. The van der Waals surface area contributed by atoms with E-state index in [4.69, 9.17) is 9.47 Å². The van der Waals surface area contributed by atoms with Gasteiger partial charge < -0.3 is 35.8 Å². The van der Waals surface area contributed by atoms with E-state index in [1.807, 2.05) is 67.6 Å². The maximum atomic E-state index is 14.1. The van der Waals surface area contributed by atoms with E-state index in [2.05, 4.69) is 21.3 Å². The number of nitrogens with one attached hydrogen (secondary N) is 4. The fourth-order valence-electron chi connectivity index (χ4n) is 6.51. The second-order valence-corrected chi connectivity index (χ2v) is 14.7. The van der Waals surface area contributed by atoms with Crippen LogP contribution in [0.3, 0.4) is 0 Å². The van der Waals surface area contributed by atoms with Crippen molar-refractivity contribution >= 4 is 40.6 Å². The Balaban J connectivity index is 1.50. The fourth-order valence-corrected chi connectivity index (χ4v) is 6.51. The Labute approximate surface area is 311 Å². The van der Waals surface area contributed by atoms with Gasteiger partial charge in [0.15, 0.2) is 6.10 Å². The van der Waals surface area contributed by atoms with Gasteiger partial charge >= 0.3 is 12.1 Å². The van der Waals surface area contributed by atoms with Gasteiger partial charge in [-0.25, -0.2) is 4.79 Å². The molecule has 0 saturated heterocycles. The molecule has 0 radical (unpaired) electrons. The molecule has 3 aromatic rings. The number of rotatable bonds is 16. The number of carbonyl (C=O) groups is 5. The number of esters is 1. The van der Waals surface area contributed by atoms with Crippen LogP contribution in [-0.4, -0.2) is 71.3 Å². The summed E-state index contributed by atoms with van der Waals surface area (Å²) in [6, 6.07) is 19.5. The van der Waals surface area contributed by atoms with Crippen LogP contribution in [0.4, 0.5) is 4.79 Å². The molecule has 0 bridgehead atoms. The van der Waals surface area contributed by atoms with Crippen LogP contribution in [0.1, 0.15) is 83.8 Å². The molecule has 3 unspecified atom stereocenters. The van der Waals surface area contributed by atoms with Gasteiger partial charge in [0, 0.05) is 6.42 Å². The third-order valence-corrected chi connectivity index (χ3v) is 9.19. The second kappa shape index (κ2) is 19.8. The van der Waals surface area contributed by atoms with Crippen LogP contribution in [-0.2, 0) is 41.7 Å². The molecule has 1 saturated carbocycles. The van der Waals surface area contributed by atoms with E-state index in [1.165, 1.54) is 0 Å². The summed E-state index contributed by atoms with van der Waals surface area (Å²) in [5, 5.41) is 23.9. The van der Waals surface area contributed by atoms with Crippen molar-refractivity contribution < 1.29 is 38.6 Å². The predicted octanol–water partition coefficient (Wildman–Crippen LogP) is 4.85. The Bertz CT molecular complexity index is 1690. The Morgan fingerprint density at radius 3 is 2.15 bits per heavy atom. The highest BCUT2D eigenvalue weighted by molar-refractivity contribution is 5.93. The fraction of sp³-hybridized carbons (Fsp3) is 0.488. The number of fused-ring (bicyclic) bond motifs is 1. The van der Waals surface area contributed by atoms with E-state index in [0.29, 0.717) is 6.42 Å². The van der Waals surface area contributed by atoms with Gasteiger partial charge in [0.05, 0.1) is 6.04 Å². The predicted molar refractivity (Wildman–Crippen MR) is 201 cm³/mol. The van der Waals surface area contributed by atoms with Gasteiger partial charge in [-0.2, -0.15) is 0 Å². The third-order valence-electron chi connectivity index (χ3n) is 9.19. The second-order valence-electron chi connectivity index (χ2n) is 14.7. The lowest BCUT2D eigenvalue weighted by molar-refractivity contribution is -0.146. The number of alkyl carbamates (subject to hydrolysis) is 1. The highest BCUT2D eigenvalue weighted by Gasteiger charge is 2.36. The molecule has 1 aliphatic carbocycles. The topological polar surface area (TPSA) is 172 Å². The lowest BCUT2D eigenvalue weighted by Crippen LogP contribution is -2.59. The molecule has 286 valence electrons. The lowest BCUT2D eigenvalue weighted by Gasteiger charge is -2.32. The van der Waals surface area contributed by atoms with Crippen LogP contribution in [0.5, 0.6) is 0 Å². The van der Waals surface area contributed by atoms with Crippen LogP contribution >= 0.6 is 0 Å². The molecule has 0 spiro atoms. The van der Waals surface area contributed by atoms with E-state index in [9.17, 15) is 29.1 Å². The highest BCUT2D eigenvalue weighted by Crippen LogP contribution is 2.27. The summed E-state index contributed by atoms with van der Waals surface area (Å²) in [6.45, 7) is 6.63. The molecule has 4 atom stereocenters. The highest BCUT2D eigenvalue weighted by atomic mass is 16.6. The normalized spacial score (nSPS) is 15.6. The molecule has 0 aliphatic heterocycles. The summed E-state index contributed by atoms with van der Waals surface area (Å²) >= 11 is 0. The Kier molecular flexibility index (Phi) is 15.2. The lowest BCUT2D eigenvalue weighted by atomic mass is 9.83. The van der Waals surface area contributed by atoms with Gasteiger partial charge in [0.1, 0.15) is 30.8 Å². The number of hydrogen-bond acceptors (Lipinski definition) is 8. The van der Waals surface area contributed by atoms with Crippen LogP contribution in [0, 0.1) is 5.92 Å². The first-order valence-corrected chi connectivity index (χ1v) is 18.6. The van der Waals surface area contributed by atoms with E-state index < -0.39 is 66.2 Å². The van der Waals surface area contributed by atoms with Crippen molar-refractivity contribution in [3.63, 3.8) is 0 Å². The van der Waals surface area contributed by atoms with Crippen molar-refractivity contribution in [1.82, 2.24) is 21.3 Å². The molecule has 53 heavy (non-hydrogen) atoms.